The predicted molar refractivity (Wildman–Crippen MR) is 104 cm³/mol. The number of aryl methyl sites for hydroxylation is 1. The number of hydrogen-bond acceptors (Lipinski definition) is 5. The molecule has 0 aliphatic carbocycles. The van der Waals surface area contributed by atoms with Gasteiger partial charge in [-0.15, -0.1) is 11.3 Å². The van der Waals surface area contributed by atoms with E-state index in [0.717, 1.165) is 38.8 Å². The summed E-state index contributed by atoms with van der Waals surface area (Å²) in [4.78, 5) is 22.4. The van der Waals surface area contributed by atoms with E-state index in [1.807, 2.05) is 42.6 Å². The lowest BCUT2D eigenvalue weighted by atomic mass is 10.2. The first-order chi connectivity index (χ1) is 11.6. The molecule has 0 N–H and O–H groups in total. The molecule has 0 atom stereocenters. The van der Waals surface area contributed by atoms with Crippen LogP contribution in [0.25, 0.3) is 10.2 Å². The van der Waals surface area contributed by atoms with Crippen molar-refractivity contribution in [1.82, 2.24) is 9.88 Å². The summed E-state index contributed by atoms with van der Waals surface area (Å²) in [7, 11) is 4.10. The van der Waals surface area contributed by atoms with Crippen molar-refractivity contribution in [2.75, 3.05) is 32.1 Å². The van der Waals surface area contributed by atoms with Gasteiger partial charge in [0.2, 0.25) is 0 Å². The van der Waals surface area contributed by atoms with Crippen LogP contribution >= 0.6 is 22.7 Å². The second-order valence-corrected chi connectivity index (χ2v) is 7.97. The molecule has 0 saturated carbocycles. The molecule has 2 aromatic heterocycles. The van der Waals surface area contributed by atoms with Gasteiger partial charge in [0, 0.05) is 6.54 Å². The van der Waals surface area contributed by atoms with Gasteiger partial charge in [0.1, 0.15) is 0 Å². The minimum Gasteiger partial charge on any atom is -0.309 e. The first-order valence-electron chi connectivity index (χ1n) is 7.92. The van der Waals surface area contributed by atoms with Crippen LogP contribution < -0.4 is 4.90 Å². The Labute approximate surface area is 150 Å². The Morgan fingerprint density at radius 1 is 1.17 bits per heavy atom. The molecule has 126 valence electrons. The lowest BCUT2D eigenvalue weighted by molar-refractivity contribution is 0.0990. The molecule has 4 nitrogen and oxygen atoms in total. The zero-order valence-corrected chi connectivity index (χ0v) is 15.8. The highest BCUT2D eigenvalue weighted by atomic mass is 32.1. The van der Waals surface area contributed by atoms with Gasteiger partial charge in [0.15, 0.2) is 5.13 Å². The van der Waals surface area contributed by atoms with Crippen LogP contribution in [0.5, 0.6) is 0 Å². The van der Waals surface area contributed by atoms with E-state index in [9.17, 15) is 4.79 Å². The summed E-state index contributed by atoms with van der Waals surface area (Å²) in [5.74, 6) is 0.0421. The lowest BCUT2D eigenvalue weighted by Crippen LogP contribution is -2.32. The van der Waals surface area contributed by atoms with Crippen LogP contribution in [0.3, 0.4) is 0 Å². The van der Waals surface area contributed by atoms with E-state index in [0.29, 0.717) is 6.54 Å². The average Bonchev–Trinajstić information content (AvgIpc) is 3.20. The summed E-state index contributed by atoms with van der Waals surface area (Å²) in [5.41, 5.74) is 2.14. The number of anilines is 1. The van der Waals surface area contributed by atoms with Crippen molar-refractivity contribution in [3.8, 4) is 0 Å². The number of carbonyl (C=O) groups excluding carboxylic acids is 1. The Bertz CT molecular complexity index is 824. The van der Waals surface area contributed by atoms with Gasteiger partial charge < -0.3 is 4.90 Å². The van der Waals surface area contributed by atoms with Gasteiger partial charge in [-0.2, -0.15) is 0 Å². The number of benzene rings is 1. The highest BCUT2D eigenvalue weighted by Crippen LogP contribution is 2.31. The van der Waals surface area contributed by atoms with Gasteiger partial charge in [-0.1, -0.05) is 29.5 Å². The normalized spacial score (nSPS) is 11.3. The third-order valence-electron chi connectivity index (χ3n) is 3.80. The largest absolute Gasteiger partial charge is 0.309 e. The van der Waals surface area contributed by atoms with E-state index in [1.165, 1.54) is 11.3 Å². The minimum atomic E-state index is 0.0421. The maximum atomic E-state index is 12.9. The molecule has 1 aromatic carbocycles. The molecule has 0 radical (unpaired) electrons. The molecule has 24 heavy (non-hydrogen) atoms. The van der Waals surface area contributed by atoms with Crippen LogP contribution in [-0.2, 0) is 0 Å². The van der Waals surface area contributed by atoms with Crippen LogP contribution in [0, 0.1) is 6.92 Å². The molecular weight excluding hydrogens is 338 g/mol. The van der Waals surface area contributed by atoms with Gasteiger partial charge in [0.25, 0.3) is 5.91 Å². The van der Waals surface area contributed by atoms with Crippen molar-refractivity contribution in [2.45, 2.75) is 13.3 Å². The lowest BCUT2D eigenvalue weighted by Gasteiger charge is -2.20. The molecule has 3 aromatic rings. The predicted octanol–water partition coefficient (Wildman–Crippen LogP) is 4.26. The number of fused-ring (bicyclic) bond motifs is 1. The number of carbonyl (C=O) groups is 1. The van der Waals surface area contributed by atoms with E-state index >= 15 is 0 Å². The summed E-state index contributed by atoms with van der Waals surface area (Å²) in [6.45, 7) is 3.68. The standard InChI is InChI=1S/C18H21N3OS2/c1-13-7-4-8-14-16(13)19-18(24-14)21(11-6-10-20(2)3)17(22)15-9-5-12-23-15/h4-5,7-9,12H,6,10-11H2,1-3H3. The highest BCUT2D eigenvalue weighted by molar-refractivity contribution is 7.22. The third-order valence-corrected chi connectivity index (χ3v) is 5.71. The second kappa shape index (κ2) is 7.42. The van der Waals surface area contributed by atoms with Crippen molar-refractivity contribution in [1.29, 1.82) is 0 Å². The van der Waals surface area contributed by atoms with Crippen LogP contribution in [0.4, 0.5) is 5.13 Å². The quantitative estimate of drug-likeness (QED) is 0.660. The number of para-hydroxylation sites is 1. The maximum absolute atomic E-state index is 12.9. The first-order valence-corrected chi connectivity index (χ1v) is 9.62. The SMILES string of the molecule is Cc1cccc2sc(N(CCCN(C)C)C(=O)c3cccs3)nc12. The molecule has 0 bridgehead atoms. The molecule has 2 heterocycles. The zero-order valence-electron chi connectivity index (χ0n) is 14.2. The first kappa shape index (κ1) is 17.1. The van der Waals surface area contributed by atoms with Crippen LogP contribution in [0.2, 0.25) is 0 Å². The van der Waals surface area contributed by atoms with E-state index in [4.69, 9.17) is 4.98 Å². The van der Waals surface area contributed by atoms with Crippen LogP contribution in [0.15, 0.2) is 35.7 Å². The summed E-state index contributed by atoms with van der Waals surface area (Å²) in [5, 5.41) is 2.73. The van der Waals surface area contributed by atoms with E-state index in [-0.39, 0.29) is 5.91 Å². The number of aromatic nitrogens is 1. The van der Waals surface area contributed by atoms with E-state index < -0.39 is 0 Å². The topological polar surface area (TPSA) is 36.4 Å². The minimum absolute atomic E-state index is 0.0421. The van der Waals surface area contributed by atoms with E-state index in [2.05, 4.69) is 24.0 Å². The number of thiophene rings is 1. The Morgan fingerprint density at radius 2 is 2.00 bits per heavy atom. The van der Waals surface area contributed by atoms with Gasteiger partial charge in [-0.25, -0.2) is 4.98 Å². The molecule has 0 aliphatic heterocycles. The Kier molecular flexibility index (Phi) is 5.28. The van der Waals surface area contributed by atoms with Crippen molar-refractivity contribution in [3.63, 3.8) is 0 Å². The van der Waals surface area contributed by atoms with Crippen LogP contribution in [0.1, 0.15) is 21.7 Å². The number of nitrogens with zero attached hydrogens (tertiary/aromatic N) is 3. The van der Waals surface area contributed by atoms with Crippen LogP contribution in [-0.4, -0.2) is 43.0 Å². The van der Waals surface area contributed by atoms with Crippen molar-refractivity contribution in [3.05, 3.63) is 46.2 Å². The Hall–Kier alpha value is -1.76. The van der Waals surface area contributed by atoms with E-state index in [1.54, 1.807) is 11.3 Å². The molecule has 0 spiro atoms. The molecular formula is C18H21N3OS2. The number of thiazole rings is 1. The van der Waals surface area contributed by atoms with Gasteiger partial charge in [-0.05, 0) is 57.1 Å². The maximum Gasteiger partial charge on any atom is 0.270 e. The molecule has 1 amide bonds. The molecule has 0 unspecified atom stereocenters. The fourth-order valence-electron chi connectivity index (χ4n) is 2.55. The molecule has 0 fully saturated rings. The van der Waals surface area contributed by atoms with Gasteiger partial charge >= 0.3 is 0 Å². The Morgan fingerprint density at radius 3 is 2.67 bits per heavy atom. The fourth-order valence-corrected chi connectivity index (χ4v) is 4.29. The van der Waals surface area contributed by atoms with Gasteiger partial charge in [0.05, 0.1) is 15.1 Å². The molecule has 6 heteroatoms. The zero-order chi connectivity index (χ0) is 17.1. The number of amides is 1. The summed E-state index contributed by atoms with van der Waals surface area (Å²) in [6, 6.07) is 9.96. The summed E-state index contributed by atoms with van der Waals surface area (Å²) < 4.78 is 1.13. The van der Waals surface area contributed by atoms with Crippen molar-refractivity contribution >= 4 is 43.9 Å². The van der Waals surface area contributed by atoms with Crippen molar-refractivity contribution in [2.24, 2.45) is 0 Å². The monoisotopic (exact) mass is 359 g/mol. The van der Waals surface area contributed by atoms with Gasteiger partial charge in [-0.3, -0.25) is 9.69 Å². The Balaban J connectivity index is 1.92. The molecule has 3 rings (SSSR count). The smallest absolute Gasteiger partial charge is 0.270 e. The third kappa shape index (κ3) is 3.66. The fraction of sp³-hybridized carbons (Fsp3) is 0.333. The highest BCUT2D eigenvalue weighted by Gasteiger charge is 2.22. The summed E-state index contributed by atoms with van der Waals surface area (Å²) in [6.07, 6.45) is 0.916. The molecule has 0 aliphatic rings. The van der Waals surface area contributed by atoms with Crippen molar-refractivity contribution < 1.29 is 4.79 Å². The average molecular weight is 360 g/mol. The number of hydrogen-bond donors (Lipinski definition) is 0. The number of rotatable bonds is 6. The summed E-state index contributed by atoms with van der Waals surface area (Å²) >= 11 is 3.07. The second-order valence-electron chi connectivity index (χ2n) is 6.01. The molecule has 0 saturated heterocycles.